The average Bonchev–Trinajstić information content (AvgIpc) is 3.08. The molecule has 5 nitrogen and oxygen atoms in total. The van der Waals surface area contributed by atoms with E-state index in [1.54, 1.807) is 6.07 Å². The van der Waals surface area contributed by atoms with Crippen molar-refractivity contribution in [2.75, 3.05) is 51.6 Å². The Hall–Kier alpha value is -1.50. The molecule has 1 amide bonds. The molecule has 0 bridgehead atoms. The summed E-state index contributed by atoms with van der Waals surface area (Å²) in [5.74, 6) is -0.322. The van der Waals surface area contributed by atoms with Crippen LogP contribution in [-0.2, 0) is 11.3 Å². The van der Waals surface area contributed by atoms with E-state index < -0.39 is 0 Å². The lowest BCUT2D eigenvalue weighted by Gasteiger charge is -2.32. The van der Waals surface area contributed by atoms with Crippen molar-refractivity contribution in [1.29, 1.82) is 0 Å². The molecule has 2 aliphatic heterocycles. The van der Waals surface area contributed by atoms with Gasteiger partial charge in [0.2, 0.25) is 5.91 Å². The third-order valence-corrected chi connectivity index (χ3v) is 5.16. The summed E-state index contributed by atoms with van der Waals surface area (Å²) in [5.41, 5.74) is 2.53. The van der Waals surface area contributed by atoms with Crippen LogP contribution in [0.1, 0.15) is 17.5 Å². The van der Waals surface area contributed by atoms with Gasteiger partial charge in [-0.05, 0) is 50.2 Å². The molecule has 24 heavy (non-hydrogen) atoms. The van der Waals surface area contributed by atoms with Crippen LogP contribution in [0.4, 0.5) is 10.1 Å². The summed E-state index contributed by atoms with van der Waals surface area (Å²) in [6, 6.07) is 3.03. The van der Waals surface area contributed by atoms with Gasteiger partial charge in [0.05, 0.1) is 5.92 Å². The summed E-state index contributed by atoms with van der Waals surface area (Å²) < 4.78 is 14.1. The molecule has 1 aromatic rings. The molecule has 2 N–H and O–H groups in total. The van der Waals surface area contributed by atoms with Crippen LogP contribution in [0, 0.1) is 18.7 Å². The third kappa shape index (κ3) is 4.12. The number of piperazine rings is 1. The van der Waals surface area contributed by atoms with E-state index >= 15 is 0 Å². The van der Waals surface area contributed by atoms with Crippen molar-refractivity contribution >= 4 is 11.6 Å². The lowest BCUT2D eigenvalue weighted by Crippen LogP contribution is -2.44. The Morgan fingerprint density at radius 2 is 2.08 bits per heavy atom. The number of carbonyl (C=O) groups excluding carboxylic acids is 1. The number of hydrogen-bond donors (Lipinski definition) is 2. The summed E-state index contributed by atoms with van der Waals surface area (Å²) in [6.07, 6.45) is 0.842. The first-order chi connectivity index (χ1) is 11.5. The van der Waals surface area contributed by atoms with Crippen LogP contribution in [-0.4, -0.2) is 62.0 Å². The van der Waals surface area contributed by atoms with Gasteiger partial charge in [-0.25, -0.2) is 4.39 Å². The maximum absolute atomic E-state index is 14.1. The van der Waals surface area contributed by atoms with Crippen molar-refractivity contribution in [2.45, 2.75) is 19.9 Å². The molecule has 1 aromatic carbocycles. The zero-order chi connectivity index (χ0) is 17.1. The van der Waals surface area contributed by atoms with Crippen LogP contribution in [0.15, 0.2) is 12.1 Å². The van der Waals surface area contributed by atoms with E-state index in [-0.39, 0.29) is 17.6 Å². The van der Waals surface area contributed by atoms with Crippen molar-refractivity contribution in [3.05, 3.63) is 29.1 Å². The van der Waals surface area contributed by atoms with Gasteiger partial charge in [-0.15, -0.1) is 0 Å². The minimum atomic E-state index is -0.287. The van der Waals surface area contributed by atoms with Crippen molar-refractivity contribution in [3.8, 4) is 0 Å². The van der Waals surface area contributed by atoms with E-state index in [1.807, 2.05) is 6.92 Å². The van der Waals surface area contributed by atoms with Crippen LogP contribution in [0.5, 0.6) is 0 Å². The largest absolute Gasteiger partial charge is 0.325 e. The standard InChI is InChI=1S/C18H27FN4O/c1-13-15(12-23-7-5-22(2)6-8-23)9-16(19)10-17(13)21-18(24)14-3-4-20-11-14/h9-10,14,20H,3-8,11-12H2,1-2H3,(H,21,24). The van der Waals surface area contributed by atoms with Gasteiger partial charge < -0.3 is 15.5 Å². The van der Waals surface area contributed by atoms with Crippen molar-refractivity contribution in [3.63, 3.8) is 0 Å². The van der Waals surface area contributed by atoms with Gasteiger partial charge in [-0.3, -0.25) is 9.69 Å². The maximum Gasteiger partial charge on any atom is 0.228 e. The predicted octanol–water partition coefficient (Wildman–Crippen LogP) is 1.43. The minimum Gasteiger partial charge on any atom is -0.325 e. The molecule has 0 spiro atoms. The highest BCUT2D eigenvalue weighted by atomic mass is 19.1. The van der Waals surface area contributed by atoms with Gasteiger partial charge in [0.25, 0.3) is 0 Å². The number of carbonyl (C=O) groups is 1. The number of halogens is 1. The number of nitrogens with zero attached hydrogens (tertiary/aromatic N) is 2. The number of anilines is 1. The molecule has 6 heteroatoms. The summed E-state index contributed by atoms with van der Waals surface area (Å²) >= 11 is 0. The monoisotopic (exact) mass is 334 g/mol. The van der Waals surface area contributed by atoms with Gasteiger partial charge in [0, 0.05) is 45.0 Å². The summed E-state index contributed by atoms with van der Waals surface area (Å²) in [7, 11) is 2.12. The second-order valence-corrected chi connectivity index (χ2v) is 7.00. The predicted molar refractivity (Wildman–Crippen MR) is 93.5 cm³/mol. The molecule has 0 aromatic heterocycles. The molecule has 132 valence electrons. The molecule has 1 unspecified atom stereocenters. The van der Waals surface area contributed by atoms with Gasteiger partial charge in [0.15, 0.2) is 0 Å². The third-order valence-electron chi connectivity index (χ3n) is 5.16. The Labute approximate surface area is 143 Å². The number of hydrogen-bond acceptors (Lipinski definition) is 4. The Bertz CT molecular complexity index is 593. The van der Waals surface area contributed by atoms with Crippen LogP contribution < -0.4 is 10.6 Å². The number of nitrogens with one attached hydrogen (secondary N) is 2. The highest BCUT2D eigenvalue weighted by Crippen LogP contribution is 2.24. The lowest BCUT2D eigenvalue weighted by molar-refractivity contribution is -0.119. The fraction of sp³-hybridized carbons (Fsp3) is 0.611. The Morgan fingerprint density at radius 1 is 1.33 bits per heavy atom. The van der Waals surface area contributed by atoms with Crippen LogP contribution >= 0.6 is 0 Å². The molecule has 2 heterocycles. The van der Waals surface area contributed by atoms with E-state index in [2.05, 4.69) is 27.5 Å². The van der Waals surface area contributed by atoms with Crippen molar-refractivity contribution < 1.29 is 9.18 Å². The quantitative estimate of drug-likeness (QED) is 0.875. The summed E-state index contributed by atoms with van der Waals surface area (Å²) in [5, 5.41) is 6.12. The Balaban J connectivity index is 1.71. The van der Waals surface area contributed by atoms with Gasteiger partial charge in [0.1, 0.15) is 5.82 Å². The summed E-state index contributed by atoms with van der Waals surface area (Å²) in [6.45, 7) is 8.31. The van der Waals surface area contributed by atoms with Gasteiger partial charge in [-0.2, -0.15) is 0 Å². The zero-order valence-corrected chi connectivity index (χ0v) is 14.6. The van der Waals surface area contributed by atoms with Crippen LogP contribution in [0.3, 0.4) is 0 Å². The molecule has 2 saturated heterocycles. The van der Waals surface area contributed by atoms with Crippen LogP contribution in [0.25, 0.3) is 0 Å². The highest BCUT2D eigenvalue weighted by Gasteiger charge is 2.23. The highest BCUT2D eigenvalue weighted by molar-refractivity contribution is 5.93. The first kappa shape index (κ1) is 17.3. The van der Waals surface area contributed by atoms with Crippen LogP contribution in [0.2, 0.25) is 0 Å². The average molecular weight is 334 g/mol. The number of rotatable bonds is 4. The van der Waals surface area contributed by atoms with Crippen molar-refractivity contribution in [2.24, 2.45) is 5.92 Å². The molecular weight excluding hydrogens is 307 g/mol. The molecule has 0 saturated carbocycles. The molecular formula is C18H27FN4O. The topological polar surface area (TPSA) is 47.6 Å². The number of likely N-dealkylation sites (N-methyl/N-ethyl adjacent to an activating group) is 1. The molecule has 0 radical (unpaired) electrons. The van der Waals surface area contributed by atoms with E-state index in [4.69, 9.17) is 0 Å². The molecule has 2 aliphatic rings. The second kappa shape index (κ2) is 7.59. The Kier molecular flexibility index (Phi) is 5.48. The first-order valence-electron chi connectivity index (χ1n) is 8.74. The second-order valence-electron chi connectivity index (χ2n) is 7.00. The van der Waals surface area contributed by atoms with Gasteiger partial charge in [-0.1, -0.05) is 0 Å². The fourth-order valence-corrected chi connectivity index (χ4v) is 3.39. The van der Waals surface area contributed by atoms with Gasteiger partial charge >= 0.3 is 0 Å². The van der Waals surface area contributed by atoms with E-state index in [1.165, 1.54) is 6.07 Å². The maximum atomic E-state index is 14.1. The summed E-state index contributed by atoms with van der Waals surface area (Å²) in [4.78, 5) is 17.0. The molecule has 1 atom stereocenters. The number of amides is 1. The fourth-order valence-electron chi connectivity index (χ4n) is 3.39. The molecule has 3 rings (SSSR count). The van der Waals surface area contributed by atoms with E-state index in [0.29, 0.717) is 12.2 Å². The zero-order valence-electron chi connectivity index (χ0n) is 14.6. The van der Waals surface area contributed by atoms with E-state index in [0.717, 1.165) is 56.8 Å². The first-order valence-corrected chi connectivity index (χ1v) is 8.74. The van der Waals surface area contributed by atoms with E-state index in [9.17, 15) is 9.18 Å². The van der Waals surface area contributed by atoms with Crippen molar-refractivity contribution in [1.82, 2.24) is 15.1 Å². The Morgan fingerprint density at radius 3 is 2.75 bits per heavy atom. The number of benzene rings is 1. The smallest absolute Gasteiger partial charge is 0.228 e. The normalized spacial score (nSPS) is 22.7. The lowest BCUT2D eigenvalue weighted by atomic mass is 10.0. The molecule has 2 fully saturated rings. The molecule has 0 aliphatic carbocycles. The SMILES string of the molecule is Cc1c(CN2CCN(C)CC2)cc(F)cc1NC(=O)C1CCNC1. The minimum absolute atomic E-state index is 0.0146.